The highest BCUT2D eigenvalue weighted by molar-refractivity contribution is 5.79. The van der Waals surface area contributed by atoms with Gasteiger partial charge in [0, 0.05) is 31.6 Å². The van der Waals surface area contributed by atoms with Gasteiger partial charge in [0.15, 0.2) is 0 Å². The van der Waals surface area contributed by atoms with E-state index in [2.05, 4.69) is 5.32 Å². The first-order valence-corrected chi connectivity index (χ1v) is 7.79. The second-order valence-corrected chi connectivity index (χ2v) is 6.90. The van der Waals surface area contributed by atoms with E-state index < -0.39 is 5.97 Å². The molecule has 3 rings (SSSR count). The van der Waals surface area contributed by atoms with Gasteiger partial charge in [0.05, 0.1) is 5.92 Å². The van der Waals surface area contributed by atoms with E-state index in [9.17, 15) is 9.59 Å². The molecule has 2 bridgehead atoms. The summed E-state index contributed by atoms with van der Waals surface area (Å²) in [6, 6.07) is 1.21. The number of piperidine rings is 1. The highest BCUT2D eigenvalue weighted by atomic mass is 16.4. The second kappa shape index (κ2) is 5.35. The third-order valence-corrected chi connectivity index (χ3v) is 5.32. The molecule has 3 aliphatic heterocycles. The first-order chi connectivity index (χ1) is 9.52. The molecular weight excluding hydrogens is 256 g/mol. The highest BCUT2D eigenvalue weighted by Gasteiger charge is 2.39. The van der Waals surface area contributed by atoms with E-state index in [0.29, 0.717) is 37.5 Å². The molecule has 0 saturated carbocycles. The predicted molar refractivity (Wildman–Crippen MR) is 74.2 cm³/mol. The van der Waals surface area contributed by atoms with E-state index in [1.165, 1.54) is 12.8 Å². The number of hydrogen-bond donors (Lipinski definition) is 2. The van der Waals surface area contributed by atoms with E-state index >= 15 is 0 Å². The normalized spacial score (nSPS) is 40.0. The van der Waals surface area contributed by atoms with E-state index in [4.69, 9.17) is 5.11 Å². The van der Waals surface area contributed by atoms with E-state index in [0.717, 1.165) is 12.8 Å². The Morgan fingerprint density at radius 2 is 1.85 bits per heavy atom. The molecule has 0 aromatic rings. The third kappa shape index (κ3) is 2.68. The van der Waals surface area contributed by atoms with Gasteiger partial charge in [-0.25, -0.2) is 0 Å². The van der Waals surface area contributed by atoms with Crippen LogP contribution in [0.4, 0.5) is 0 Å². The Kier molecular flexibility index (Phi) is 3.71. The molecule has 0 aromatic heterocycles. The van der Waals surface area contributed by atoms with Crippen molar-refractivity contribution in [2.24, 2.45) is 17.8 Å². The number of likely N-dealkylation sites (tertiary alicyclic amines) is 1. The summed E-state index contributed by atoms with van der Waals surface area (Å²) in [7, 11) is 0. The smallest absolute Gasteiger partial charge is 0.308 e. The Morgan fingerprint density at radius 1 is 1.20 bits per heavy atom. The van der Waals surface area contributed by atoms with E-state index in [1.54, 1.807) is 4.90 Å². The summed E-state index contributed by atoms with van der Waals surface area (Å²) in [6.07, 6.45) is 5.31. The maximum absolute atomic E-state index is 12.4. The lowest BCUT2D eigenvalue weighted by Crippen LogP contribution is -2.40. The monoisotopic (exact) mass is 280 g/mol. The van der Waals surface area contributed by atoms with Crippen molar-refractivity contribution in [2.75, 3.05) is 13.1 Å². The molecule has 3 aliphatic rings. The van der Waals surface area contributed by atoms with Crippen LogP contribution in [-0.4, -0.2) is 47.1 Å². The molecular formula is C15H24N2O3. The Bertz CT molecular complexity index is 400. The van der Waals surface area contributed by atoms with Crippen LogP contribution in [0.25, 0.3) is 0 Å². The summed E-state index contributed by atoms with van der Waals surface area (Å²) in [6.45, 7) is 2.93. The Hall–Kier alpha value is -1.10. The lowest BCUT2D eigenvalue weighted by Gasteiger charge is -2.29. The molecule has 3 heterocycles. The van der Waals surface area contributed by atoms with Crippen LogP contribution < -0.4 is 5.32 Å². The zero-order valence-electron chi connectivity index (χ0n) is 12.0. The third-order valence-electron chi connectivity index (χ3n) is 5.32. The number of rotatable bonds is 3. The number of aliphatic carboxylic acids is 1. The van der Waals surface area contributed by atoms with Crippen LogP contribution in [-0.2, 0) is 9.59 Å². The fourth-order valence-corrected chi connectivity index (χ4v) is 4.21. The van der Waals surface area contributed by atoms with Crippen LogP contribution >= 0.6 is 0 Å². The van der Waals surface area contributed by atoms with Gasteiger partial charge < -0.3 is 15.3 Å². The van der Waals surface area contributed by atoms with Crippen LogP contribution in [0.1, 0.15) is 39.0 Å². The maximum Gasteiger partial charge on any atom is 0.308 e. The van der Waals surface area contributed by atoms with Crippen molar-refractivity contribution in [1.29, 1.82) is 0 Å². The van der Waals surface area contributed by atoms with Crippen molar-refractivity contribution < 1.29 is 14.7 Å². The quantitative estimate of drug-likeness (QED) is 0.812. The Morgan fingerprint density at radius 3 is 2.40 bits per heavy atom. The molecule has 2 N–H and O–H groups in total. The molecule has 0 aliphatic carbocycles. The van der Waals surface area contributed by atoms with Gasteiger partial charge in [0.2, 0.25) is 5.91 Å². The van der Waals surface area contributed by atoms with Gasteiger partial charge in [-0.15, -0.1) is 0 Å². The van der Waals surface area contributed by atoms with Gasteiger partial charge in [0.25, 0.3) is 0 Å². The van der Waals surface area contributed by atoms with Gasteiger partial charge in [-0.3, -0.25) is 9.59 Å². The van der Waals surface area contributed by atoms with E-state index in [1.807, 2.05) is 6.92 Å². The zero-order chi connectivity index (χ0) is 14.3. The van der Waals surface area contributed by atoms with Crippen LogP contribution in [0.5, 0.6) is 0 Å². The first-order valence-electron chi connectivity index (χ1n) is 7.79. The number of amides is 1. The fraction of sp³-hybridized carbons (Fsp3) is 0.867. The fourth-order valence-electron chi connectivity index (χ4n) is 4.21. The molecule has 112 valence electrons. The van der Waals surface area contributed by atoms with Crippen molar-refractivity contribution in [3.63, 3.8) is 0 Å². The van der Waals surface area contributed by atoms with Crippen LogP contribution in [0.3, 0.4) is 0 Å². The van der Waals surface area contributed by atoms with Gasteiger partial charge in [-0.2, -0.15) is 0 Å². The Labute approximate surface area is 119 Å². The van der Waals surface area contributed by atoms with Gasteiger partial charge >= 0.3 is 5.97 Å². The second-order valence-electron chi connectivity index (χ2n) is 6.90. The minimum atomic E-state index is -0.771. The van der Waals surface area contributed by atoms with Crippen molar-refractivity contribution in [1.82, 2.24) is 10.2 Å². The van der Waals surface area contributed by atoms with Gasteiger partial charge in [-0.05, 0) is 37.5 Å². The average molecular weight is 280 g/mol. The maximum atomic E-state index is 12.4. The summed E-state index contributed by atoms with van der Waals surface area (Å²) < 4.78 is 0. The molecule has 4 unspecified atom stereocenters. The van der Waals surface area contributed by atoms with Crippen molar-refractivity contribution >= 4 is 11.9 Å². The molecule has 5 nitrogen and oxygen atoms in total. The summed E-state index contributed by atoms with van der Waals surface area (Å²) in [4.78, 5) is 25.3. The molecule has 3 fully saturated rings. The van der Waals surface area contributed by atoms with Crippen LogP contribution in [0.2, 0.25) is 0 Å². The molecule has 3 saturated heterocycles. The topological polar surface area (TPSA) is 69.6 Å². The highest BCUT2D eigenvalue weighted by Crippen LogP contribution is 2.33. The SMILES string of the molecule is CC1CN(C(=O)CC2CC3CCC(C2)N3)CC1C(=O)O. The van der Waals surface area contributed by atoms with Crippen molar-refractivity contribution in [3.8, 4) is 0 Å². The number of nitrogens with one attached hydrogen (secondary N) is 1. The van der Waals surface area contributed by atoms with Crippen molar-refractivity contribution in [2.45, 2.75) is 51.1 Å². The molecule has 4 atom stereocenters. The number of carbonyl (C=O) groups excluding carboxylic acids is 1. The largest absolute Gasteiger partial charge is 0.481 e. The lowest BCUT2D eigenvalue weighted by atomic mass is 9.89. The van der Waals surface area contributed by atoms with Gasteiger partial charge in [-0.1, -0.05) is 6.92 Å². The summed E-state index contributed by atoms with van der Waals surface area (Å²) >= 11 is 0. The molecule has 5 heteroatoms. The van der Waals surface area contributed by atoms with Crippen LogP contribution in [0, 0.1) is 17.8 Å². The molecule has 20 heavy (non-hydrogen) atoms. The van der Waals surface area contributed by atoms with E-state index in [-0.39, 0.29) is 17.7 Å². The van der Waals surface area contributed by atoms with Crippen molar-refractivity contribution in [3.05, 3.63) is 0 Å². The molecule has 0 aromatic carbocycles. The standard InChI is InChI=1S/C15H24N2O3/c1-9-7-17(8-13(9)15(19)20)14(18)6-10-4-11-2-3-12(5-10)16-11/h9-13,16H,2-8H2,1H3,(H,19,20). The summed E-state index contributed by atoms with van der Waals surface area (Å²) in [5, 5.41) is 12.7. The molecule has 0 radical (unpaired) electrons. The number of carboxylic acids is 1. The molecule has 1 amide bonds. The number of hydrogen-bond acceptors (Lipinski definition) is 3. The van der Waals surface area contributed by atoms with Crippen LogP contribution in [0.15, 0.2) is 0 Å². The zero-order valence-corrected chi connectivity index (χ0v) is 12.0. The minimum absolute atomic E-state index is 0.0700. The minimum Gasteiger partial charge on any atom is -0.481 e. The first kappa shape index (κ1) is 13.9. The average Bonchev–Trinajstić information content (AvgIpc) is 2.93. The summed E-state index contributed by atoms with van der Waals surface area (Å²) in [5.74, 6) is -0.441. The molecule has 0 spiro atoms. The predicted octanol–water partition coefficient (Wildman–Crippen LogP) is 1.09. The Balaban J connectivity index is 1.54. The number of nitrogens with zero attached hydrogens (tertiary/aromatic N) is 1. The number of carboxylic acid groups (broad SMARTS) is 1. The lowest BCUT2D eigenvalue weighted by molar-refractivity contribution is -0.142. The number of carbonyl (C=O) groups is 2. The number of fused-ring (bicyclic) bond motifs is 2. The van der Waals surface area contributed by atoms with Gasteiger partial charge in [0.1, 0.15) is 0 Å². The summed E-state index contributed by atoms with van der Waals surface area (Å²) in [5.41, 5.74) is 0.